The maximum atomic E-state index is 14.1. The highest BCUT2D eigenvalue weighted by Crippen LogP contribution is 2.37. The minimum absolute atomic E-state index is 0.257. The normalized spacial score (nSPS) is 20.7. The molecule has 0 aliphatic carbocycles. The fourth-order valence-electron chi connectivity index (χ4n) is 3.47. The molecule has 4 rings (SSSR count). The van der Waals surface area contributed by atoms with Gasteiger partial charge < -0.3 is 4.74 Å². The number of nitrogens with zero attached hydrogens (tertiary/aromatic N) is 1. The van der Waals surface area contributed by atoms with Crippen molar-refractivity contribution in [1.29, 1.82) is 0 Å². The molecule has 2 aliphatic rings. The molecule has 0 radical (unpaired) electrons. The van der Waals surface area contributed by atoms with Gasteiger partial charge in [0.25, 0.3) is 0 Å². The summed E-state index contributed by atoms with van der Waals surface area (Å²) < 4.78 is 60.6. The van der Waals surface area contributed by atoms with E-state index in [1.807, 2.05) is 0 Å². The highest BCUT2D eigenvalue weighted by Gasteiger charge is 2.30. The molecule has 2 aromatic rings. The molecular formula is C19H19F2NO3S2. The van der Waals surface area contributed by atoms with Crippen molar-refractivity contribution >= 4 is 21.8 Å². The second-order valence-electron chi connectivity index (χ2n) is 6.59. The molecule has 8 heteroatoms. The van der Waals surface area contributed by atoms with Gasteiger partial charge in [0.2, 0.25) is 10.0 Å². The number of hydrogen-bond donors (Lipinski definition) is 0. The third-order valence-corrected chi connectivity index (χ3v) is 8.11. The molecule has 0 N–H and O–H groups in total. The molecule has 1 unspecified atom stereocenters. The molecule has 0 spiro atoms. The first-order valence-corrected chi connectivity index (χ1v) is 11.3. The van der Waals surface area contributed by atoms with Gasteiger partial charge in [-0.1, -0.05) is 0 Å². The molecular weight excluding hydrogens is 392 g/mol. The number of halogens is 2. The molecule has 0 amide bonds. The fourth-order valence-corrected chi connectivity index (χ4v) is 6.34. The summed E-state index contributed by atoms with van der Waals surface area (Å²) in [5.74, 6) is 0.320. The summed E-state index contributed by atoms with van der Waals surface area (Å²) in [6.45, 7) is 1.18. The topological polar surface area (TPSA) is 46.6 Å². The van der Waals surface area contributed by atoms with Crippen LogP contribution in [0, 0.1) is 11.6 Å². The first kappa shape index (κ1) is 18.7. The zero-order chi connectivity index (χ0) is 19.0. The molecule has 0 saturated carbocycles. The Kier molecular flexibility index (Phi) is 5.13. The lowest BCUT2D eigenvalue weighted by Gasteiger charge is -2.20. The standard InChI is InChI=1S/C19H19F2NO3S2/c20-14-1-3-17(21)16(12-14)19-5-7-22(8-10-26-19)27(23,24)15-2-4-18-13(11-15)6-9-25-18/h1-4,11-12,19H,5-10H2. The van der Waals surface area contributed by atoms with Crippen molar-refractivity contribution in [2.75, 3.05) is 25.4 Å². The van der Waals surface area contributed by atoms with Gasteiger partial charge in [-0.2, -0.15) is 16.1 Å². The van der Waals surface area contributed by atoms with Crippen molar-refractivity contribution in [3.63, 3.8) is 0 Å². The van der Waals surface area contributed by atoms with Crippen molar-refractivity contribution in [3.8, 4) is 5.75 Å². The second kappa shape index (κ2) is 7.41. The minimum Gasteiger partial charge on any atom is -0.493 e. The Morgan fingerprint density at radius 3 is 2.81 bits per heavy atom. The molecule has 0 aromatic heterocycles. The van der Waals surface area contributed by atoms with Crippen LogP contribution in [0.1, 0.15) is 22.8 Å². The van der Waals surface area contributed by atoms with Crippen molar-refractivity contribution in [2.45, 2.75) is 23.0 Å². The van der Waals surface area contributed by atoms with Gasteiger partial charge in [-0.25, -0.2) is 17.2 Å². The summed E-state index contributed by atoms with van der Waals surface area (Å²) in [5.41, 5.74) is 1.20. The lowest BCUT2D eigenvalue weighted by Crippen LogP contribution is -2.33. The number of ether oxygens (including phenoxy) is 1. The quantitative estimate of drug-likeness (QED) is 0.772. The lowest BCUT2D eigenvalue weighted by atomic mass is 10.1. The van der Waals surface area contributed by atoms with Crippen LogP contribution < -0.4 is 4.74 Å². The van der Waals surface area contributed by atoms with E-state index in [1.165, 1.54) is 22.1 Å². The number of thioether (sulfide) groups is 1. The zero-order valence-electron chi connectivity index (χ0n) is 14.5. The van der Waals surface area contributed by atoms with Gasteiger partial charge in [0.15, 0.2) is 0 Å². The molecule has 1 atom stereocenters. The molecule has 27 heavy (non-hydrogen) atoms. The van der Waals surface area contributed by atoms with Crippen molar-refractivity contribution in [1.82, 2.24) is 4.31 Å². The van der Waals surface area contributed by atoms with Gasteiger partial charge in [0.05, 0.1) is 11.5 Å². The van der Waals surface area contributed by atoms with E-state index in [0.717, 1.165) is 23.4 Å². The number of rotatable bonds is 3. The van der Waals surface area contributed by atoms with Crippen LogP contribution in [0.5, 0.6) is 5.75 Å². The number of hydrogen-bond acceptors (Lipinski definition) is 4. The van der Waals surface area contributed by atoms with Crippen LogP contribution in [-0.4, -0.2) is 38.2 Å². The summed E-state index contributed by atoms with van der Waals surface area (Å²) in [5, 5.41) is -0.269. The zero-order valence-corrected chi connectivity index (χ0v) is 16.2. The van der Waals surface area contributed by atoms with E-state index in [9.17, 15) is 17.2 Å². The Morgan fingerprint density at radius 2 is 1.96 bits per heavy atom. The average molecular weight is 411 g/mol. The van der Waals surface area contributed by atoms with Crippen LogP contribution in [0.25, 0.3) is 0 Å². The van der Waals surface area contributed by atoms with Crippen LogP contribution in [0.4, 0.5) is 8.78 Å². The van der Waals surface area contributed by atoms with Gasteiger partial charge in [-0.3, -0.25) is 0 Å². The predicted molar refractivity (Wildman–Crippen MR) is 101 cm³/mol. The third-order valence-electron chi connectivity index (χ3n) is 4.90. The highest BCUT2D eigenvalue weighted by atomic mass is 32.2. The Morgan fingerprint density at radius 1 is 1.11 bits per heavy atom. The molecule has 2 aliphatic heterocycles. The maximum Gasteiger partial charge on any atom is 0.243 e. The van der Waals surface area contributed by atoms with E-state index in [0.29, 0.717) is 37.3 Å². The summed E-state index contributed by atoms with van der Waals surface area (Å²) in [7, 11) is -3.63. The molecule has 2 aromatic carbocycles. The molecule has 1 saturated heterocycles. The summed E-state index contributed by atoms with van der Waals surface area (Å²) >= 11 is 1.46. The fraction of sp³-hybridized carbons (Fsp3) is 0.368. The molecule has 1 fully saturated rings. The Balaban J connectivity index is 1.54. The monoisotopic (exact) mass is 411 g/mol. The van der Waals surface area contributed by atoms with Crippen LogP contribution >= 0.6 is 11.8 Å². The SMILES string of the molecule is O=S(=O)(c1ccc2c(c1)CCO2)N1CCSC(c2cc(F)ccc2F)CC1. The van der Waals surface area contributed by atoms with Gasteiger partial charge in [0.1, 0.15) is 17.4 Å². The number of sulfonamides is 1. The highest BCUT2D eigenvalue weighted by molar-refractivity contribution is 7.99. The van der Waals surface area contributed by atoms with Crippen molar-refractivity contribution in [3.05, 3.63) is 59.2 Å². The second-order valence-corrected chi connectivity index (χ2v) is 9.83. The third kappa shape index (κ3) is 3.70. The molecule has 4 nitrogen and oxygen atoms in total. The van der Waals surface area contributed by atoms with E-state index >= 15 is 0 Å². The van der Waals surface area contributed by atoms with Crippen LogP contribution in [0.3, 0.4) is 0 Å². The number of fused-ring (bicyclic) bond motifs is 1. The van der Waals surface area contributed by atoms with E-state index in [1.54, 1.807) is 18.2 Å². The van der Waals surface area contributed by atoms with E-state index < -0.39 is 21.7 Å². The van der Waals surface area contributed by atoms with E-state index in [2.05, 4.69) is 0 Å². The van der Waals surface area contributed by atoms with Crippen molar-refractivity contribution in [2.24, 2.45) is 0 Å². The summed E-state index contributed by atoms with van der Waals surface area (Å²) in [6, 6.07) is 8.37. The van der Waals surface area contributed by atoms with Crippen LogP contribution in [-0.2, 0) is 16.4 Å². The van der Waals surface area contributed by atoms with E-state index in [4.69, 9.17) is 4.74 Å². The average Bonchev–Trinajstić information content (AvgIpc) is 2.98. The number of benzene rings is 2. The predicted octanol–water partition coefficient (Wildman–Crippen LogP) is 3.77. The smallest absolute Gasteiger partial charge is 0.243 e. The first-order valence-electron chi connectivity index (χ1n) is 8.77. The largest absolute Gasteiger partial charge is 0.493 e. The van der Waals surface area contributed by atoms with Crippen molar-refractivity contribution < 1.29 is 21.9 Å². The van der Waals surface area contributed by atoms with Gasteiger partial charge >= 0.3 is 0 Å². The summed E-state index contributed by atoms with van der Waals surface area (Å²) in [4.78, 5) is 0.257. The first-order chi connectivity index (χ1) is 12.9. The molecule has 0 bridgehead atoms. The van der Waals surface area contributed by atoms with Crippen LogP contribution in [0.15, 0.2) is 41.3 Å². The minimum atomic E-state index is -3.63. The van der Waals surface area contributed by atoms with E-state index in [-0.39, 0.29) is 16.7 Å². The Labute approximate surface area is 161 Å². The lowest BCUT2D eigenvalue weighted by molar-refractivity contribution is 0.356. The maximum absolute atomic E-state index is 14.1. The van der Waals surface area contributed by atoms with Gasteiger partial charge in [-0.05, 0) is 48.4 Å². The molecule has 144 valence electrons. The summed E-state index contributed by atoms with van der Waals surface area (Å²) in [6.07, 6.45) is 1.13. The molecule has 2 heterocycles. The van der Waals surface area contributed by atoms with Gasteiger partial charge in [0, 0.05) is 36.1 Å². The van der Waals surface area contributed by atoms with Gasteiger partial charge in [-0.15, -0.1) is 0 Å². The Hall–Kier alpha value is -1.64. The van der Waals surface area contributed by atoms with Crippen LogP contribution in [0.2, 0.25) is 0 Å². The Bertz CT molecular complexity index is 965.